The van der Waals surface area contributed by atoms with Gasteiger partial charge in [0.1, 0.15) is 0 Å². The number of rotatable bonds is 8. The second-order valence-electron chi connectivity index (χ2n) is 6.61. The van der Waals surface area contributed by atoms with E-state index >= 15 is 0 Å². The average Bonchev–Trinajstić information content (AvgIpc) is 2.63. The fraction of sp³-hybridized carbons (Fsp3) is 0.286. The lowest BCUT2D eigenvalue weighted by Crippen LogP contribution is -2.05. The van der Waals surface area contributed by atoms with Gasteiger partial charge in [-0.1, -0.05) is 26.0 Å². The van der Waals surface area contributed by atoms with E-state index in [4.69, 9.17) is 9.47 Å². The Morgan fingerprint density at radius 1 is 1.07 bits per heavy atom. The maximum atomic E-state index is 12.3. The molecule has 0 atom stereocenters. The van der Waals surface area contributed by atoms with Crippen LogP contribution in [-0.4, -0.2) is 34.2 Å². The van der Waals surface area contributed by atoms with E-state index in [2.05, 4.69) is 13.8 Å². The predicted octanol–water partition coefficient (Wildman–Crippen LogP) is 4.03. The lowest BCUT2D eigenvalue weighted by molar-refractivity contribution is 0.104. The van der Waals surface area contributed by atoms with Gasteiger partial charge in [-0.05, 0) is 54.0 Å². The van der Waals surface area contributed by atoms with Gasteiger partial charge in [0.2, 0.25) is 0 Å². The molecular formula is C21H24O5S. The molecule has 0 amide bonds. The first kappa shape index (κ1) is 20.7. The van der Waals surface area contributed by atoms with E-state index in [0.717, 1.165) is 11.8 Å². The van der Waals surface area contributed by atoms with Crippen LogP contribution in [0.15, 0.2) is 53.4 Å². The summed E-state index contributed by atoms with van der Waals surface area (Å²) in [6.45, 7) is 4.68. The van der Waals surface area contributed by atoms with Crippen molar-refractivity contribution in [2.45, 2.75) is 18.7 Å². The van der Waals surface area contributed by atoms with Crippen LogP contribution < -0.4 is 9.47 Å². The number of ether oxygens (including phenoxy) is 2. The Kier molecular flexibility index (Phi) is 6.80. The van der Waals surface area contributed by atoms with Crippen molar-refractivity contribution in [2.75, 3.05) is 20.0 Å². The number of carbonyl (C=O) groups is 1. The van der Waals surface area contributed by atoms with Crippen molar-refractivity contribution in [3.63, 3.8) is 0 Å². The number of ketones is 1. The minimum atomic E-state index is -3.28. The SMILES string of the molecule is COc1ccc(/C=C/C(=O)c2ccc(S(C)(=O)=O)cc2)cc1OCC(C)C. The molecule has 0 aromatic heterocycles. The van der Waals surface area contributed by atoms with Crippen molar-refractivity contribution >= 4 is 21.7 Å². The number of methoxy groups -OCH3 is 1. The largest absolute Gasteiger partial charge is 0.493 e. The third kappa shape index (κ3) is 5.96. The zero-order valence-corrected chi connectivity index (χ0v) is 16.7. The van der Waals surface area contributed by atoms with Crippen LogP contribution in [-0.2, 0) is 9.84 Å². The summed E-state index contributed by atoms with van der Waals surface area (Å²) in [5, 5.41) is 0. The van der Waals surface area contributed by atoms with E-state index < -0.39 is 9.84 Å². The second-order valence-corrected chi connectivity index (χ2v) is 8.63. The van der Waals surface area contributed by atoms with Crippen LogP contribution in [0.3, 0.4) is 0 Å². The van der Waals surface area contributed by atoms with E-state index in [-0.39, 0.29) is 10.7 Å². The topological polar surface area (TPSA) is 69.7 Å². The molecule has 0 saturated carbocycles. The molecule has 0 bridgehead atoms. The molecule has 0 aliphatic rings. The average molecular weight is 388 g/mol. The molecule has 27 heavy (non-hydrogen) atoms. The van der Waals surface area contributed by atoms with E-state index in [1.54, 1.807) is 19.3 Å². The molecule has 0 heterocycles. The number of allylic oxidation sites excluding steroid dienone is 1. The van der Waals surface area contributed by atoms with Crippen molar-refractivity contribution in [2.24, 2.45) is 5.92 Å². The molecule has 0 aliphatic heterocycles. The lowest BCUT2D eigenvalue weighted by atomic mass is 10.1. The Balaban J connectivity index is 2.16. The Hall–Kier alpha value is -2.60. The van der Waals surface area contributed by atoms with Crippen LogP contribution in [0.4, 0.5) is 0 Å². The molecule has 0 fully saturated rings. The normalized spacial score (nSPS) is 11.7. The van der Waals surface area contributed by atoms with Crippen molar-refractivity contribution in [1.29, 1.82) is 0 Å². The van der Waals surface area contributed by atoms with Gasteiger partial charge in [-0.2, -0.15) is 0 Å². The molecule has 0 unspecified atom stereocenters. The summed E-state index contributed by atoms with van der Waals surface area (Å²) in [6.07, 6.45) is 4.27. The van der Waals surface area contributed by atoms with Gasteiger partial charge in [-0.3, -0.25) is 4.79 Å². The highest BCUT2D eigenvalue weighted by Gasteiger charge is 2.09. The van der Waals surface area contributed by atoms with Gasteiger partial charge in [-0.25, -0.2) is 8.42 Å². The quantitative estimate of drug-likeness (QED) is 0.504. The molecule has 2 rings (SSSR count). The summed E-state index contributed by atoms with van der Waals surface area (Å²) in [7, 11) is -1.70. The first-order chi connectivity index (χ1) is 12.7. The molecule has 0 N–H and O–H groups in total. The second kappa shape index (κ2) is 8.86. The Morgan fingerprint density at radius 3 is 2.30 bits per heavy atom. The van der Waals surface area contributed by atoms with Gasteiger partial charge in [0.25, 0.3) is 0 Å². The number of benzene rings is 2. The van der Waals surface area contributed by atoms with E-state index in [1.165, 1.54) is 30.3 Å². The van der Waals surface area contributed by atoms with Crippen molar-refractivity contribution in [3.05, 3.63) is 59.7 Å². The molecule has 2 aromatic rings. The third-order valence-corrected chi connectivity index (χ3v) is 4.88. The van der Waals surface area contributed by atoms with E-state index in [0.29, 0.717) is 29.6 Å². The Bertz CT molecular complexity index is 926. The highest BCUT2D eigenvalue weighted by atomic mass is 32.2. The van der Waals surface area contributed by atoms with E-state index in [1.807, 2.05) is 12.1 Å². The molecular weight excluding hydrogens is 364 g/mol. The van der Waals surface area contributed by atoms with Crippen LogP contribution in [0.1, 0.15) is 29.8 Å². The van der Waals surface area contributed by atoms with Crippen molar-refractivity contribution < 1.29 is 22.7 Å². The molecule has 6 heteroatoms. The molecule has 5 nitrogen and oxygen atoms in total. The summed E-state index contributed by atoms with van der Waals surface area (Å²) in [4.78, 5) is 12.5. The van der Waals surface area contributed by atoms with Gasteiger partial charge in [-0.15, -0.1) is 0 Å². The minimum Gasteiger partial charge on any atom is -0.493 e. The van der Waals surface area contributed by atoms with Gasteiger partial charge in [0.05, 0.1) is 18.6 Å². The highest BCUT2D eigenvalue weighted by Crippen LogP contribution is 2.29. The van der Waals surface area contributed by atoms with Crippen LogP contribution in [0.5, 0.6) is 11.5 Å². The predicted molar refractivity (Wildman–Crippen MR) is 106 cm³/mol. The zero-order valence-electron chi connectivity index (χ0n) is 15.9. The standard InChI is InChI=1S/C21H24O5S/c1-15(2)14-26-21-13-16(6-12-20(21)25-3)5-11-19(22)17-7-9-18(10-8-17)27(4,23)24/h5-13,15H,14H2,1-4H3/b11-5+. The Morgan fingerprint density at radius 2 is 1.74 bits per heavy atom. The lowest BCUT2D eigenvalue weighted by Gasteiger charge is -2.13. The van der Waals surface area contributed by atoms with Gasteiger partial charge in [0.15, 0.2) is 27.1 Å². The number of carbonyl (C=O) groups excluding carboxylic acids is 1. The summed E-state index contributed by atoms with van der Waals surface area (Å²) in [5.41, 5.74) is 1.22. The molecule has 144 valence electrons. The summed E-state index contributed by atoms with van der Waals surface area (Å²) in [6, 6.07) is 11.3. The number of sulfone groups is 1. The molecule has 0 spiro atoms. The number of hydrogen-bond acceptors (Lipinski definition) is 5. The van der Waals surface area contributed by atoms with Gasteiger partial charge >= 0.3 is 0 Å². The molecule has 2 aromatic carbocycles. The van der Waals surface area contributed by atoms with Gasteiger partial charge < -0.3 is 9.47 Å². The third-order valence-electron chi connectivity index (χ3n) is 3.75. The number of hydrogen-bond donors (Lipinski definition) is 0. The highest BCUT2D eigenvalue weighted by molar-refractivity contribution is 7.90. The maximum Gasteiger partial charge on any atom is 0.185 e. The smallest absolute Gasteiger partial charge is 0.185 e. The molecule has 0 radical (unpaired) electrons. The van der Waals surface area contributed by atoms with Crippen molar-refractivity contribution in [1.82, 2.24) is 0 Å². The van der Waals surface area contributed by atoms with Crippen LogP contribution in [0.2, 0.25) is 0 Å². The summed E-state index contributed by atoms with van der Waals surface area (Å²) in [5.74, 6) is 1.43. The Labute approximate surface area is 160 Å². The fourth-order valence-corrected chi connectivity index (χ4v) is 2.93. The first-order valence-electron chi connectivity index (χ1n) is 8.54. The van der Waals surface area contributed by atoms with Gasteiger partial charge in [0, 0.05) is 11.8 Å². The maximum absolute atomic E-state index is 12.3. The minimum absolute atomic E-state index is 0.185. The van der Waals surface area contributed by atoms with Crippen LogP contribution in [0.25, 0.3) is 6.08 Å². The first-order valence-corrected chi connectivity index (χ1v) is 10.4. The summed E-state index contributed by atoms with van der Waals surface area (Å²) >= 11 is 0. The van der Waals surface area contributed by atoms with Crippen LogP contribution >= 0.6 is 0 Å². The monoisotopic (exact) mass is 388 g/mol. The molecule has 0 aliphatic carbocycles. The van der Waals surface area contributed by atoms with Crippen LogP contribution in [0, 0.1) is 5.92 Å². The summed E-state index contributed by atoms with van der Waals surface area (Å²) < 4.78 is 34.0. The van der Waals surface area contributed by atoms with E-state index in [9.17, 15) is 13.2 Å². The molecule has 0 saturated heterocycles. The fourth-order valence-electron chi connectivity index (χ4n) is 2.30. The zero-order chi connectivity index (χ0) is 20.0. The van der Waals surface area contributed by atoms with Crippen molar-refractivity contribution in [3.8, 4) is 11.5 Å².